The minimum atomic E-state index is -3.26. The van der Waals surface area contributed by atoms with Crippen LogP contribution in [0.1, 0.15) is 22.8 Å². The first-order chi connectivity index (χ1) is 13.6. The Morgan fingerprint density at radius 3 is 2.62 bits per heavy atom. The number of carbonyl (C=O) groups is 3. The van der Waals surface area contributed by atoms with E-state index in [2.05, 4.69) is 5.32 Å². The molecule has 3 rings (SSSR count). The van der Waals surface area contributed by atoms with Crippen molar-refractivity contribution in [3.05, 3.63) is 59.7 Å². The van der Waals surface area contributed by atoms with E-state index in [1.807, 2.05) is 0 Å². The number of hydrogen-bond acceptors (Lipinski definition) is 6. The molecule has 29 heavy (non-hydrogen) atoms. The van der Waals surface area contributed by atoms with Crippen LogP contribution in [0, 0.1) is 0 Å². The predicted octanol–water partition coefficient (Wildman–Crippen LogP) is 1.76. The van der Waals surface area contributed by atoms with Gasteiger partial charge in [0.05, 0.1) is 22.7 Å². The number of nitrogens with one attached hydrogen (secondary N) is 1. The highest BCUT2D eigenvalue weighted by molar-refractivity contribution is 7.89. The molecular weight excluding hydrogens is 396 g/mol. The monoisotopic (exact) mass is 416 g/mol. The summed E-state index contributed by atoms with van der Waals surface area (Å²) in [5.41, 5.74) is 1.62. The predicted molar refractivity (Wildman–Crippen MR) is 107 cm³/mol. The maximum absolute atomic E-state index is 12.8. The van der Waals surface area contributed by atoms with E-state index in [0.29, 0.717) is 16.9 Å². The number of amides is 2. The number of ether oxygens (including phenoxy) is 1. The van der Waals surface area contributed by atoms with Gasteiger partial charge < -0.3 is 10.1 Å². The van der Waals surface area contributed by atoms with Gasteiger partial charge in [-0.25, -0.2) is 13.2 Å². The van der Waals surface area contributed by atoms with E-state index in [4.69, 9.17) is 4.74 Å². The fourth-order valence-electron chi connectivity index (χ4n) is 3.02. The minimum Gasteiger partial charge on any atom is -0.449 e. The molecule has 0 bridgehead atoms. The summed E-state index contributed by atoms with van der Waals surface area (Å²) in [6, 6.07) is 12.9. The first-order valence-corrected chi connectivity index (χ1v) is 10.9. The van der Waals surface area contributed by atoms with Crippen LogP contribution in [0.5, 0.6) is 0 Å². The molecule has 1 aliphatic rings. The normalized spacial score (nSPS) is 14.6. The van der Waals surface area contributed by atoms with Crippen molar-refractivity contribution in [2.24, 2.45) is 0 Å². The van der Waals surface area contributed by atoms with Gasteiger partial charge in [0, 0.05) is 6.26 Å². The van der Waals surface area contributed by atoms with E-state index < -0.39 is 27.8 Å². The molecular formula is C20H20N2O6S. The van der Waals surface area contributed by atoms with Crippen molar-refractivity contribution in [3.63, 3.8) is 0 Å². The zero-order chi connectivity index (χ0) is 21.2. The Bertz CT molecular complexity index is 1080. The van der Waals surface area contributed by atoms with Crippen molar-refractivity contribution in [1.29, 1.82) is 0 Å². The summed E-state index contributed by atoms with van der Waals surface area (Å²) in [5, 5.41) is 2.69. The third-order valence-electron chi connectivity index (χ3n) is 4.26. The highest BCUT2D eigenvalue weighted by Gasteiger charge is 2.31. The van der Waals surface area contributed by atoms with Crippen LogP contribution in [0.2, 0.25) is 0 Å². The molecule has 1 heterocycles. The van der Waals surface area contributed by atoms with Crippen LogP contribution in [-0.2, 0) is 29.9 Å². The fraction of sp³-hybridized carbons (Fsp3) is 0.250. The summed E-state index contributed by atoms with van der Waals surface area (Å²) in [7, 11) is -3.26. The van der Waals surface area contributed by atoms with Gasteiger partial charge in [-0.05, 0) is 36.8 Å². The van der Waals surface area contributed by atoms with Crippen molar-refractivity contribution >= 4 is 39.0 Å². The van der Waals surface area contributed by atoms with Gasteiger partial charge >= 0.3 is 5.97 Å². The number of fused-ring (bicyclic) bond motifs is 1. The summed E-state index contributed by atoms with van der Waals surface area (Å²) in [4.78, 5) is 38.4. The maximum atomic E-state index is 12.8. The van der Waals surface area contributed by atoms with E-state index in [-0.39, 0.29) is 23.8 Å². The number of sulfone groups is 1. The fourth-order valence-corrected chi connectivity index (χ4v) is 3.80. The van der Waals surface area contributed by atoms with Crippen molar-refractivity contribution in [2.45, 2.75) is 18.8 Å². The molecule has 0 aliphatic carbocycles. The lowest BCUT2D eigenvalue weighted by Crippen LogP contribution is -2.47. The summed E-state index contributed by atoms with van der Waals surface area (Å²) in [6.45, 7) is 1.25. The van der Waals surface area contributed by atoms with Gasteiger partial charge in [-0.1, -0.05) is 24.3 Å². The maximum Gasteiger partial charge on any atom is 0.338 e. The van der Waals surface area contributed by atoms with Crippen LogP contribution in [0.15, 0.2) is 48.5 Å². The van der Waals surface area contributed by atoms with Gasteiger partial charge in [-0.3, -0.25) is 14.5 Å². The Labute approximate surface area is 168 Å². The second-order valence-electron chi connectivity index (χ2n) is 6.81. The smallest absolute Gasteiger partial charge is 0.338 e. The number of benzene rings is 2. The topological polar surface area (TPSA) is 110 Å². The van der Waals surface area contributed by atoms with E-state index in [9.17, 15) is 22.8 Å². The molecule has 1 N–H and O–H groups in total. The Morgan fingerprint density at radius 2 is 1.90 bits per heavy atom. The number of anilines is 2. The van der Waals surface area contributed by atoms with Gasteiger partial charge in [0.2, 0.25) is 5.91 Å². The number of hydrogen-bond donors (Lipinski definition) is 1. The SMILES string of the molecule is C[C@@H](OC(=O)c1cccc(CS(C)(=O)=O)c1)C(=O)N1CC(=O)Nc2ccccc21. The molecule has 0 saturated heterocycles. The molecule has 0 unspecified atom stereocenters. The molecule has 1 aliphatic heterocycles. The van der Waals surface area contributed by atoms with Crippen molar-refractivity contribution < 1.29 is 27.5 Å². The zero-order valence-corrected chi connectivity index (χ0v) is 16.7. The lowest BCUT2D eigenvalue weighted by atomic mass is 10.1. The molecule has 9 heteroatoms. The molecule has 2 aromatic rings. The van der Waals surface area contributed by atoms with Crippen LogP contribution in [0.25, 0.3) is 0 Å². The van der Waals surface area contributed by atoms with Crippen LogP contribution >= 0.6 is 0 Å². The van der Waals surface area contributed by atoms with Gasteiger partial charge in [0.1, 0.15) is 6.54 Å². The molecule has 152 valence electrons. The number of rotatable bonds is 5. The minimum absolute atomic E-state index is 0.141. The van der Waals surface area contributed by atoms with E-state index in [0.717, 1.165) is 6.26 Å². The van der Waals surface area contributed by atoms with Crippen LogP contribution in [0.4, 0.5) is 11.4 Å². The number of nitrogens with zero attached hydrogens (tertiary/aromatic N) is 1. The van der Waals surface area contributed by atoms with Crippen molar-refractivity contribution in [1.82, 2.24) is 0 Å². The van der Waals surface area contributed by atoms with E-state index in [1.165, 1.54) is 24.0 Å². The summed E-state index contributed by atoms with van der Waals surface area (Å²) in [6.07, 6.45) is -0.0363. The van der Waals surface area contributed by atoms with Crippen molar-refractivity contribution in [3.8, 4) is 0 Å². The molecule has 1 atom stereocenters. The number of para-hydroxylation sites is 2. The average Bonchev–Trinajstić information content (AvgIpc) is 2.65. The number of carbonyl (C=O) groups excluding carboxylic acids is 3. The summed E-state index contributed by atoms with van der Waals surface area (Å²) >= 11 is 0. The quantitative estimate of drug-likeness (QED) is 0.744. The largest absolute Gasteiger partial charge is 0.449 e. The van der Waals surface area contributed by atoms with Gasteiger partial charge in [-0.15, -0.1) is 0 Å². The van der Waals surface area contributed by atoms with E-state index >= 15 is 0 Å². The number of esters is 1. The molecule has 8 nitrogen and oxygen atoms in total. The van der Waals surface area contributed by atoms with E-state index in [1.54, 1.807) is 36.4 Å². The second kappa shape index (κ2) is 8.04. The third-order valence-corrected chi connectivity index (χ3v) is 5.12. The lowest BCUT2D eigenvalue weighted by Gasteiger charge is -2.30. The van der Waals surface area contributed by atoms with Crippen LogP contribution < -0.4 is 10.2 Å². The standard InChI is InChI=1S/C20H20N2O6S/c1-13(19(24)22-11-18(23)21-16-8-3-4-9-17(16)22)28-20(25)15-7-5-6-14(10-15)12-29(2,26)27/h3-10,13H,11-12H2,1-2H3,(H,21,23)/t13-/m1/s1. The summed E-state index contributed by atoms with van der Waals surface area (Å²) < 4.78 is 28.2. The highest BCUT2D eigenvalue weighted by Crippen LogP contribution is 2.29. The molecule has 2 amide bonds. The molecule has 0 saturated carbocycles. The van der Waals surface area contributed by atoms with Crippen LogP contribution in [-0.4, -0.2) is 45.1 Å². The molecule has 0 radical (unpaired) electrons. The van der Waals surface area contributed by atoms with Gasteiger partial charge in [0.15, 0.2) is 15.9 Å². The molecule has 0 aromatic heterocycles. The molecule has 0 fully saturated rings. The summed E-state index contributed by atoms with van der Waals surface area (Å²) in [5.74, 6) is -1.84. The highest BCUT2D eigenvalue weighted by atomic mass is 32.2. The molecule has 2 aromatic carbocycles. The Balaban J connectivity index is 1.74. The first-order valence-electron chi connectivity index (χ1n) is 8.82. The third kappa shape index (κ3) is 5.00. The average molecular weight is 416 g/mol. The van der Waals surface area contributed by atoms with Crippen LogP contribution in [0.3, 0.4) is 0 Å². The first kappa shape index (κ1) is 20.5. The van der Waals surface area contributed by atoms with Gasteiger partial charge in [0.25, 0.3) is 5.91 Å². The molecule has 0 spiro atoms. The Kier molecular flexibility index (Phi) is 5.69. The lowest BCUT2D eigenvalue weighted by molar-refractivity contribution is -0.128. The zero-order valence-electron chi connectivity index (χ0n) is 15.9. The Hall–Kier alpha value is -3.20. The second-order valence-corrected chi connectivity index (χ2v) is 8.95. The van der Waals surface area contributed by atoms with Gasteiger partial charge in [-0.2, -0.15) is 0 Å². The van der Waals surface area contributed by atoms with Crippen molar-refractivity contribution in [2.75, 3.05) is 23.0 Å². The Morgan fingerprint density at radius 1 is 1.17 bits per heavy atom.